The van der Waals surface area contributed by atoms with Crippen molar-refractivity contribution < 1.29 is 24.0 Å². The number of nitro benzene ring substituents is 1. The average molecular weight is 372 g/mol. The Morgan fingerprint density at radius 3 is 2.41 bits per heavy atom. The number of nitrogens with zero attached hydrogens (tertiary/aromatic N) is 2. The Bertz CT molecular complexity index is 1090. The fourth-order valence-electron chi connectivity index (χ4n) is 3.04. The Morgan fingerprint density at radius 1 is 1.07 bits per heavy atom. The molecule has 0 spiro atoms. The summed E-state index contributed by atoms with van der Waals surface area (Å²) in [6.07, 6.45) is 0.584. The molecule has 0 saturated carbocycles. The van der Waals surface area contributed by atoms with Crippen LogP contribution in [0.4, 0.5) is 11.5 Å². The first-order valence-corrected chi connectivity index (χ1v) is 7.88. The molecule has 2 amide bonds. The van der Waals surface area contributed by atoms with Crippen molar-refractivity contribution in [1.82, 2.24) is 9.88 Å². The third-order valence-electron chi connectivity index (χ3n) is 4.24. The SMILES string of the molecule is Nc1c2c(cc(=O)n1-c1cc3c(cc1[N+](=O)[O-])OCCCO3)C(=O)NC2=O. The second-order valence-corrected chi connectivity index (χ2v) is 5.87. The number of amides is 2. The zero-order chi connectivity index (χ0) is 19.3. The number of nitrogen functional groups attached to an aromatic ring is 1. The van der Waals surface area contributed by atoms with Crippen molar-refractivity contribution in [2.75, 3.05) is 18.9 Å². The molecule has 0 atom stereocenters. The number of carbonyl (C=O) groups is 2. The van der Waals surface area contributed by atoms with Crippen molar-refractivity contribution in [2.24, 2.45) is 0 Å². The molecule has 2 aromatic rings. The Labute approximate surface area is 150 Å². The molecule has 3 heterocycles. The molecule has 3 N–H and O–H groups in total. The summed E-state index contributed by atoms with van der Waals surface area (Å²) in [6, 6.07) is 3.32. The normalized spacial score (nSPS) is 15.1. The number of aromatic nitrogens is 1. The van der Waals surface area contributed by atoms with Crippen LogP contribution in [-0.2, 0) is 0 Å². The molecule has 0 unspecified atom stereocenters. The smallest absolute Gasteiger partial charge is 0.297 e. The Kier molecular flexibility index (Phi) is 3.58. The Morgan fingerprint density at radius 2 is 1.74 bits per heavy atom. The van der Waals surface area contributed by atoms with E-state index in [1.54, 1.807) is 0 Å². The van der Waals surface area contributed by atoms with E-state index in [4.69, 9.17) is 15.2 Å². The summed E-state index contributed by atoms with van der Waals surface area (Å²) in [4.78, 5) is 47.2. The molecule has 11 heteroatoms. The van der Waals surface area contributed by atoms with Crippen LogP contribution in [0.5, 0.6) is 11.5 Å². The average Bonchev–Trinajstić information content (AvgIpc) is 2.78. The second-order valence-electron chi connectivity index (χ2n) is 5.87. The summed E-state index contributed by atoms with van der Waals surface area (Å²) in [7, 11) is 0. The second kappa shape index (κ2) is 5.83. The number of nitrogens with one attached hydrogen (secondary N) is 1. The number of hydrogen-bond donors (Lipinski definition) is 2. The van der Waals surface area contributed by atoms with Crippen molar-refractivity contribution in [3.05, 3.63) is 49.8 Å². The number of ether oxygens (including phenoxy) is 2. The van der Waals surface area contributed by atoms with Crippen LogP contribution >= 0.6 is 0 Å². The van der Waals surface area contributed by atoms with Crippen LogP contribution in [0, 0.1) is 10.1 Å². The van der Waals surface area contributed by atoms with Crippen LogP contribution in [-0.4, -0.2) is 34.5 Å². The summed E-state index contributed by atoms with van der Waals surface area (Å²) < 4.78 is 11.8. The number of nitro groups is 1. The van der Waals surface area contributed by atoms with Gasteiger partial charge in [-0.2, -0.15) is 0 Å². The van der Waals surface area contributed by atoms with Gasteiger partial charge in [0.05, 0.1) is 35.3 Å². The van der Waals surface area contributed by atoms with Gasteiger partial charge in [0.1, 0.15) is 11.5 Å². The molecule has 0 aliphatic carbocycles. The predicted octanol–water partition coefficient (Wildman–Crippen LogP) is 0.373. The number of pyridine rings is 1. The van der Waals surface area contributed by atoms with Gasteiger partial charge in [-0.25, -0.2) is 0 Å². The Balaban J connectivity index is 2.02. The molecule has 2 aliphatic heterocycles. The highest BCUT2D eigenvalue weighted by Gasteiger charge is 2.33. The highest BCUT2D eigenvalue weighted by Crippen LogP contribution is 2.38. The van der Waals surface area contributed by atoms with Crippen molar-refractivity contribution in [3.8, 4) is 17.2 Å². The van der Waals surface area contributed by atoms with Gasteiger partial charge in [-0.15, -0.1) is 0 Å². The first-order chi connectivity index (χ1) is 12.9. The summed E-state index contributed by atoms with van der Waals surface area (Å²) in [5.74, 6) is -1.53. The molecule has 0 radical (unpaired) electrons. The quantitative estimate of drug-likeness (QED) is 0.435. The number of hydrogen-bond acceptors (Lipinski definition) is 8. The minimum atomic E-state index is -0.798. The first-order valence-electron chi connectivity index (χ1n) is 7.88. The van der Waals surface area contributed by atoms with E-state index in [2.05, 4.69) is 0 Å². The van der Waals surface area contributed by atoms with Gasteiger partial charge in [0.2, 0.25) is 0 Å². The van der Waals surface area contributed by atoms with E-state index in [0.717, 1.165) is 16.7 Å². The lowest BCUT2D eigenvalue weighted by Gasteiger charge is -2.14. The number of rotatable bonds is 2. The molecule has 0 bridgehead atoms. The van der Waals surface area contributed by atoms with Gasteiger partial charge in [0.25, 0.3) is 23.1 Å². The zero-order valence-corrected chi connectivity index (χ0v) is 13.7. The zero-order valence-electron chi connectivity index (χ0n) is 13.7. The molecule has 2 aliphatic rings. The first kappa shape index (κ1) is 16.6. The molecule has 27 heavy (non-hydrogen) atoms. The van der Waals surface area contributed by atoms with E-state index < -0.39 is 28.0 Å². The molecule has 138 valence electrons. The number of anilines is 1. The third-order valence-corrected chi connectivity index (χ3v) is 4.24. The van der Waals surface area contributed by atoms with Crippen LogP contribution in [0.1, 0.15) is 27.1 Å². The van der Waals surface area contributed by atoms with Crippen molar-refractivity contribution in [2.45, 2.75) is 6.42 Å². The standard InChI is InChI=1S/C16H12N4O7/c17-14-13-7(15(22)18-16(13)23)4-12(21)19(14)8-5-10-11(6-9(8)20(24)25)27-3-1-2-26-10/h4-6H,1-3,17H2,(H,18,22,23). The van der Waals surface area contributed by atoms with E-state index in [1.807, 2.05) is 5.32 Å². The topological polar surface area (TPSA) is 156 Å². The minimum Gasteiger partial charge on any atom is -0.489 e. The summed E-state index contributed by atoms with van der Waals surface area (Å²) in [5.41, 5.74) is 4.12. The van der Waals surface area contributed by atoms with E-state index in [-0.39, 0.29) is 34.1 Å². The van der Waals surface area contributed by atoms with E-state index in [9.17, 15) is 24.5 Å². The number of fused-ring (bicyclic) bond motifs is 2. The molecule has 11 nitrogen and oxygen atoms in total. The van der Waals surface area contributed by atoms with Gasteiger partial charge in [0, 0.05) is 18.6 Å². The lowest BCUT2D eigenvalue weighted by Crippen LogP contribution is -2.24. The number of benzene rings is 1. The number of carbonyl (C=O) groups excluding carboxylic acids is 2. The fraction of sp³-hybridized carbons (Fsp3) is 0.188. The summed E-state index contributed by atoms with van der Waals surface area (Å²) in [6.45, 7) is 0.655. The monoisotopic (exact) mass is 372 g/mol. The van der Waals surface area contributed by atoms with Gasteiger partial charge in [-0.1, -0.05) is 0 Å². The maximum Gasteiger partial charge on any atom is 0.297 e. The molecule has 1 aromatic carbocycles. The summed E-state index contributed by atoms with van der Waals surface area (Å²) >= 11 is 0. The lowest BCUT2D eigenvalue weighted by molar-refractivity contribution is -0.384. The maximum atomic E-state index is 12.6. The molecule has 0 saturated heterocycles. The highest BCUT2D eigenvalue weighted by molar-refractivity contribution is 6.23. The van der Waals surface area contributed by atoms with Crippen LogP contribution in [0.25, 0.3) is 5.69 Å². The molecule has 4 rings (SSSR count). The van der Waals surface area contributed by atoms with Crippen molar-refractivity contribution in [3.63, 3.8) is 0 Å². The number of nitrogens with two attached hydrogens (primary N) is 1. The van der Waals surface area contributed by atoms with Crippen LogP contribution in [0.3, 0.4) is 0 Å². The van der Waals surface area contributed by atoms with Crippen LogP contribution in [0.15, 0.2) is 23.0 Å². The fourth-order valence-corrected chi connectivity index (χ4v) is 3.04. The highest BCUT2D eigenvalue weighted by atomic mass is 16.6. The van der Waals surface area contributed by atoms with E-state index in [1.165, 1.54) is 6.07 Å². The largest absolute Gasteiger partial charge is 0.489 e. The molecule has 0 fully saturated rings. The molecular formula is C16H12N4O7. The van der Waals surface area contributed by atoms with E-state index in [0.29, 0.717) is 19.6 Å². The van der Waals surface area contributed by atoms with Crippen LogP contribution in [0.2, 0.25) is 0 Å². The lowest BCUT2D eigenvalue weighted by atomic mass is 10.1. The molecular weight excluding hydrogens is 360 g/mol. The maximum absolute atomic E-state index is 12.6. The van der Waals surface area contributed by atoms with Crippen molar-refractivity contribution in [1.29, 1.82) is 0 Å². The predicted molar refractivity (Wildman–Crippen MR) is 90.5 cm³/mol. The van der Waals surface area contributed by atoms with Gasteiger partial charge in [0.15, 0.2) is 11.5 Å². The van der Waals surface area contributed by atoms with E-state index >= 15 is 0 Å². The molecule has 1 aromatic heterocycles. The minimum absolute atomic E-state index is 0.170. The van der Waals surface area contributed by atoms with Crippen LogP contribution < -0.4 is 26.1 Å². The third kappa shape index (κ3) is 2.47. The summed E-state index contributed by atoms with van der Waals surface area (Å²) in [5, 5.41) is 13.6. The number of imide groups is 1. The van der Waals surface area contributed by atoms with Gasteiger partial charge in [-0.3, -0.25) is 34.4 Å². The van der Waals surface area contributed by atoms with Gasteiger partial charge < -0.3 is 15.2 Å². The van der Waals surface area contributed by atoms with Gasteiger partial charge >= 0.3 is 0 Å². The van der Waals surface area contributed by atoms with Gasteiger partial charge in [-0.05, 0) is 0 Å². The van der Waals surface area contributed by atoms with Crippen molar-refractivity contribution >= 4 is 23.3 Å². The Hall–Kier alpha value is -3.89.